The molecule has 0 bridgehead atoms. The van der Waals surface area contributed by atoms with Gasteiger partial charge in [0.15, 0.2) is 0 Å². The Hall–Kier alpha value is -1.84. The number of rotatable bonds is 6. The van der Waals surface area contributed by atoms with Crippen LogP contribution in [0.2, 0.25) is 0 Å². The van der Waals surface area contributed by atoms with Crippen LogP contribution < -0.4 is 0 Å². The lowest BCUT2D eigenvalue weighted by Crippen LogP contribution is -2.39. The highest BCUT2D eigenvalue weighted by atomic mass is 35.5. The summed E-state index contributed by atoms with van der Waals surface area (Å²) >= 11 is 0. The number of amides is 1. The van der Waals surface area contributed by atoms with Crippen LogP contribution in [-0.4, -0.2) is 42.4 Å². The molecule has 0 N–H and O–H groups in total. The molecule has 134 valence electrons. The lowest BCUT2D eigenvalue weighted by Gasteiger charge is -2.32. The second-order valence-corrected chi connectivity index (χ2v) is 6.60. The molecule has 1 saturated heterocycles. The van der Waals surface area contributed by atoms with Crippen molar-refractivity contribution in [1.82, 2.24) is 9.80 Å². The Kier molecular flexibility index (Phi) is 7.48. The van der Waals surface area contributed by atoms with Crippen LogP contribution in [0.1, 0.15) is 30.0 Å². The molecule has 1 aliphatic rings. The molecule has 1 heterocycles. The fourth-order valence-electron chi connectivity index (χ4n) is 3.41. The van der Waals surface area contributed by atoms with Crippen LogP contribution in [0.15, 0.2) is 60.7 Å². The number of benzene rings is 2. The molecular formula is C21H27ClN2O. The van der Waals surface area contributed by atoms with Gasteiger partial charge in [0.25, 0.3) is 0 Å². The molecule has 2 aromatic rings. The van der Waals surface area contributed by atoms with E-state index in [4.69, 9.17) is 0 Å². The Bertz CT molecular complexity index is 641. The number of likely N-dealkylation sites (tertiary alicyclic amines) is 1. The molecule has 0 spiro atoms. The monoisotopic (exact) mass is 358 g/mol. The minimum Gasteiger partial charge on any atom is -0.337 e. The van der Waals surface area contributed by atoms with Crippen molar-refractivity contribution in [2.45, 2.75) is 25.3 Å². The number of halogens is 1. The van der Waals surface area contributed by atoms with Gasteiger partial charge in [-0.1, -0.05) is 60.7 Å². The third kappa shape index (κ3) is 5.32. The van der Waals surface area contributed by atoms with Crippen molar-refractivity contribution in [2.24, 2.45) is 0 Å². The number of carbonyl (C=O) groups excluding carboxylic acids is 1. The maximum Gasteiger partial charge on any atom is 0.227 e. The lowest BCUT2D eigenvalue weighted by atomic mass is 10.0. The van der Waals surface area contributed by atoms with Crippen molar-refractivity contribution in [1.29, 1.82) is 0 Å². The molecule has 1 amide bonds. The minimum atomic E-state index is 0. The van der Waals surface area contributed by atoms with Crippen LogP contribution in [0.25, 0.3) is 0 Å². The normalized spacial score (nSPS) is 15.4. The molecule has 3 rings (SSSR count). The highest BCUT2D eigenvalue weighted by Gasteiger charge is 2.25. The first-order valence-electron chi connectivity index (χ1n) is 8.81. The average Bonchev–Trinajstić information content (AvgIpc) is 3.14. The molecule has 1 aliphatic heterocycles. The lowest BCUT2D eigenvalue weighted by molar-refractivity contribution is -0.131. The second kappa shape index (κ2) is 9.59. The summed E-state index contributed by atoms with van der Waals surface area (Å²) in [6, 6.07) is 20.5. The maximum absolute atomic E-state index is 12.8. The van der Waals surface area contributed by atoms with Gasteiger partial charge in [0.1, 0.15) is 0 Å². The van der Waals surface area contributed by atoms with Crippen molar-refractivity contribution in [3.63, 3.8) is 0 Å². The van der Waals surface area contributed by atoms with Crippen LogP contribution in [0.5, 0.6) is 0 Å². The minimum absolute atomic E-state index is 0. The summed E-state index contributed by atoms with van der Waals surface area (Å²) in [7, 11) is 1.94. The topological polar surface area (TPSA) is 23.6 Å². The molecule has 2 aromatic carbocycles. The smallest absolute Gasteiger partial charge is 0.227 e. The largest absolute Gasteiger partial charge is 0.337 e. The summed E-state index contributed by atoms with van der Waals surface area (Å²) in [4.78, 5) is 17.2. The molecule has 0 aliphatic carbocycles. The highest BCUT2D eigenvalue weighted by molar-refractivity contribution is 5.85. The number of hydrogen-bond donors (Lipinski definition) is 0. The molecule has 1 fully saturated rings. The van der Waals surface area contributed by atoms with Crippen LogP contribution >= 0.6 is 12.4 Å². The van der Waals surface area contributed by atoms with Crippen LogP contribution in [0, 0.1) is 0 Å². The molecule has 1 atom stereocenters. The van der Waals surface area contributed by atoms with Gasteiger partial charge in [-0.3, -0.25) is 4.79 Å². The Morgan fingerprint density at radius 3 is 2.16 bits per heavy atom. The van der Waals surface area contributed by atoms with E-state index in [1.165, 1.54) is 18.4 Å². The SMILES string of the molecule is CN(C(=O)Cc1ccccc1)[C@@H](CN1CCCC1)c1ccccc1.Cl. The van der Waals surface area contributed by atoms with Gasteiger partial charge in [-0.15, -0.1) is 12.4 Å². The number of nitrogens with zero attached hydrogens (tertiary/aromatic N) is 2. The summed E-state index contributed by atoms with van der Waals surface area (Å²) < 4.78 is 0. The van der Waals surface area contributed by atoms with E-state index in [2.05, 4.69) is 29.2 Å². The Morgan fingerprint density at radius 1 is 1.00 bits per heavy atom. The molecule has 0 aromatic heterocycles. The third-order valence-electron chi connectivity index (χ3n) is 4.87. The van der Waals surface area contributed by atoms with Crippen LogP contribution in [0.4, 0.5) is 0 Å². The summed E-state index contributed by atoms with van der Waals surface area (Å²) in [5.41, 5.74) is 2.29. The Labute approximate surface area is 157 Å². The molecule has 0 radical (unpaired) electrons. The fraction of sp³-hybridized carbons (Fsp3) is 0.381. The van der Waals surface area contributed by atoms with E-state index >= 15 is 0 Å². The van der Waals surface area contributed by atoms with Crippen LogP contribution in [0.3, 0.4) is 0 Å². The first kappa shape index (κ1) is 19.5. The van der Waals surface area contributed by atoms with Crippen molar-refractivity contribution in [3.8, 4) is 0 Å². The Morgan fingerprint density at radius 2 is 1.56 bits per heavy atom. The van der Waals surface area contributed by atoms with E-state index in [9.17, 15) is 4.79 Å². The van der Waals surface area contributed by atoms with Gasteiger partial charge in [-0.2, -0.15) is 0 Å². The first-order valence-corrected chi connectivity index (χ1v) is 8.81. The average molecular weight is 359 g/mol. The predicted octanol–water partition coefficient (Wildman–Crippen LogP) is 3.95. The predicted molar refractivity (Wildman–Crippen MR) is 105 cm³/mol. The zero-order chi connectivity index (χ0) is 16.8. The fourth-order valence-corrected chi connectivity index (χ4v) is 3.41. The van der Waals surface area contributed by atoms with Gasteiger partial charge >= 0.3 is 0 Å². The summed E-state index contributed by atoms with van der Waals surface area (Å²) in [5, 5.41) is 0. The number of carbonyl (C=O) groups is 1. The number of likely N-dealkylation sites (N-methyl/N-ethyl adjacent to an activating group) is 1. The zero-order valence-electron chi connectivity index (χ0n) is 14.8. The maximum atomic E-state index is 12.8. The molecule has 0 unspecified atom stereocenters. The van der Waals surface area contributed by atoms with Gasteiger partial charge in [-0.05, 0) is 37.1 Å². The van der Waals surface area contributed by atoms with Gasteiger partial charge in [0.05, 0.1) is 12.5 Å². The first-order chi connectivity index (χ1) is 11.7. The van der Waals surface area contributed by atoms with Crippen LogP contribution in [-0.2, 0) is 11.2 Å². The molecule has 3 nitrogen and oxygen atoms in total. The molecular weight excluding hydrogens is 332 g/mol. The van der Waals surface area contributed by atoms with Gasteiger partial charge < -0.3 is 9.80 Å². The van der Waals surface area contributed by atoms with E-state index in [0.29, 0.717) is 6.42 Å². The second-order valence-electron chi connectivity index (χ2n) is 6.60. The van der Waals surface area contributed by atoms with Crippen molar-refractivity contribution < 1.29 is 4.79 Å². The molecule has 4 heteroatoms. The quantitative estimate of drug-likeness (QED) is 0.780. The van der Waals surface area contributed by atoms with Crippen molar-refractivity contribution in [2.75, 3.05) is 26.7 Å². The van der Waals surface area contributed by atoms with E-state index in [1.807, 2.05) is 48.3 Å². The van der Waals surface area contributed by atoms with E-state index < -0.39 is 0 Å². The van der Waals surface area contributed by atoms with E-state index in [1.54, 1.807) is 0 Å². The molecule has 25 heavy (non-hydrogen) atoms. The summed E-state index contributed by atoms with van der Waals surface area (Å²) in [6.07, 6.45) is 2.99. The van der Waals surface area contributed by atoms with Crippen molar-refractivity contribution >= 4 is 18.3 Å². The summed E-state index contributed by atoms with van der Waals surface area (Å²) in [5.74, 6) is 0.175. The standard InChI is InChI=1S/C21H26N2O.ClH/c1-22(21(24)16-18-10-4-2-5-11-18)20(17-23-14-8-9-15-23)19-12-6-3-7-13-19;/h2-7,10-13,20H,8-9,14-17H2,1H3;1H/t20-;/m0./s1. The Balaban J connectivity index is 0.00000225. The van der Waals surface area contributed by atoms with E-state index in [-0.39, 0.29) is 24.4 Å². The zero-order valence-corrected chi connectivity index (χ0v) is 15.6. The number of hydrogen-bond acceptors (Lipinski definition) is 2. The summed E-state index contributed by atoms with van der Waals surface area (Å²) in [6.45, 7) is 3.20. The van der Waals surface area contributed by atoms with E-state index in [0.717, 1.165) is 25.2 Å². The highest BCUT2D eigenvalue weighted by Crippen LogP contribution is 2.23. The van der Waals surface area contributed by atoms with Gasteiger partial charge in [-0.25, -0.2) is 0 Å². The van der Waals surface area contributed by atoms with Gasteiger partial charge in [0, 0.05) is 13.6 Å². The molecule has 0 saturated carbocycles. The van der Waals surface area contributed by atoms with Gasteiger partial charge in [0.2, 0.25) is 5.91 Å². The van der Waals surface area contributed by atoms with Crippen molar-refractivity contribution in [3.05, 3.63) is 71.8 Å². The third-order valence-corrected chi connectivity index (χ3v) is 4.87.